The third-order valence-corrected chi connectivity index (χ3v) is 2.46. The summed E-state index contributed by atoms with van der Waals surface area (Å²) in [7, 11) is 3.46. The largest absolute Gasteiger partial charge is 0.496 e. The van der Waals surface area contributed by atoms with Crippen molar-refractivity contribution in [3.8, 4) is 18.1 Å². The molecule has 1 unspecified atom stereocenters. The fourth-order valence-corrected chi connectivity index (χ4v) is 1.59. The molecule has 0 bridgehead atoms. The van der Waals surface area contributed by atoms with Gasteiger partial charge in [0.1, 0.15) is 5.75 Å². The first-order chi connectivity index (χ1) is 6.72. The Hall–Kier alpha value is -0.980. The first-order valence-corrected chi connectivity index (χ1v) is 4.99. The zero-order valence-corrected chi connectivity index (χ0v) is 9.76. The molecule has 0 amide bonds. The van der Waals surface area contributed by atoms with Gasteiger partial charge in [0.15, 0.2) is 0 Å². The highest BCUT2D eigenvalue weighted by Gasteiger charge is 2.11. The van der Waals surface area contributed by atoms with Crippen LogP contribution in [-0.4, -0.2) is 14.2 Å². The molecule has 0 heterocycles. The summed E-state index contributed by atoms with van der Waals surface area (Å²) < 4.78 is 6.22. The lowest BCUT2D eigenvalue weighted by Crippen LogP contribution is -2.14. The first kappa shape index (κ1) is 11.1. The van der Waals surface area contributed by atoms with Crippen molar-refractivity contribution in [1.29, 1.82) is 0 Å². The SMILES string of the molecule is C#CC(NC)c1ccc(Br)cc1OC. The summed E-state index contributed by atoms with van der Waals surface area (Å²) in [4.78, 5) is 0. The van der Waals surface area contributed by atoms with E-state index in [2.05, 4.69) is 27.2 Å². The number of terminal acetylenes is 1. The van der Waals surface area contributed by atoms with Gasteiger partial charge in [-0.05, 0) is 19.2 Å². The quantitative estimate of drug-likeness (QED) is 0.836. The highest BCUT2D eigenvalue weighted by atomic mass is 79.9. The minimum Gasteiger partial charge on any atom is -0.496 e. The maximum absolute atomic E-state index is 5.40. The fraction of sp³-hybridized carbons (Fsp3) is 0.273. The van der Waals surface area contributed by atoms with Crippen LogP contribution in [0.3, 0.4) is 0 Å². The Bertz CT molecular complexity index is 357. The van der Waals surface area contributed by atoms with Gasteiger partial charge >= 0.3 is 0 Å². The molecule has 1 atom stereocenters. The van der Waals surface area contributed by atoms with Gasteiger partial charge in [0.2, 0.25) is 0 Å². The molecule has 1 aromatic rings. The van der Waals surface area contributed by atoms with Gasteiger partial charge in [-0.1, -0.05) is 27.9 Å². The molecule has 0 aromatic heterocycles. The molecule has 0 saturated carbocycles. The lowest BCUT2D eigenvalue weighted by molar-refractivity contribution is 0.406. The molecular weight excluding hydrogens is 242 g/mol. The number of nitrogens with one attached hydrogen (secondary N) is 1. The summed E-state index contributed by atoms with van der Waals surface area (Å²) >= 11 is 3.38. The van der Waals surface area contributed by atoms with Crippen molar-refractivity contribution < 1.29 is 4.74 Å². The van der Waals surface area contributed by atoms with E-state index in [4.69, 9.17) is 11.2 Å². The molecule has 1 rings (SSSR count). The summed E-state index contributed by atoms with van der Waals surface area (Å²) in [6.45, 7) is 0. The minimum atomic E-state index is -0.113. The van der Waals surface area contributed by atoms with Crippen molar-refractivity contribution in [2.75, 3.05) is 14.2 Å². The van der Waals surface area contributed by atoms with Gasteiger partial charge in [-0.15, -0.1) is 6.42 Å². The Morgan fingerprint density at radius 1 is 1.57 bits per heavy atom. The smallest absolute Gasteiger partial charge is 0.125 e. The molecule has 0 radical (unpaired) electrons. The second-order valence-corrected chi connectivity index (χ2v) is 3.69. The molecule has 3 heteroatoms. The van der Waals surface area contributed by atoms with Crippen LogP contribution in [-0.2, 0) is 0 Å². The van der Waals surface area contributed by atoms with Gasteiger partial charge in [-0.3, -0.25) is 0 Å². The van der Waals surface area contributed by atoms with Crippen LogP contribution in [0.1, 0.15) is 11.6 Å². The third-order valence-electron chi connectivity index (χ3n) is 1.96. The summed E-state index contributed by atoms with van der Waals surface area (Å²) in [6, 6.07) is 5.68. The molecule has 14 heavy (non-hydrogen) atoms. The number of ether oxygens (including phenoxy) is 1. The van der Waals surface area contributed by atoms with E-state index in [1.165, 1.54) is 0 Å². The average molecular weight is 254 g/mol. The molecule has 0 aliphatic heterocycles. The number of hydrogen-bond donors (Lipinski definition) is 1. The van der Waals surface area contributed by atoms with Crippen LogP contribution in [0.5, 0.6) is 5.75 Å². The normalized spacial score (nSPS) is 11.9. The van der Waals surface area contributed by atoms with Gasteiger partial charge in [-0.2, -0.15) is 0 Å². The number of benzene rings is 1. The Morgan fingerprint density at radius 2 is 2.29 bits per heavy atom. The average Bonchev–Trinajstić information content (AvgIpc) is 2.21. The van der Waals surface area contributed by atoms with Crippen LogP contribution in [0.25, 0.3) is 0 Å². The maximum Gasteiger partial charge on any atom is 0.125 e. The molecule has 0 aliphatic rings. The van der Waals surface area contributed by atoms with Crippen LogP contribution in [0.15, 0.2) is 22.7 Å². The predicted octanol–water partition coefficient (Wildman–Crippen LogP) is 2.35. The van der Waals surface area contributed by atoms with Gasteiger partial charge in [0.25, 0.3) is 0 Å². The van der Waals surface area contributed by atoms with Crippen molar-refractivity contribution in [2.45, 2.75) is 6.04 Å². The van der Waals surface area contributed by atoms with Crippen LogP contribution >= 0.6 is 15.9 Å². The van der Waals surface area contributed by atoms with E-state index in [9.17, 15) is 0 Å². The molecule has 1 N–H and O–H groups in total. The second-order valence-electron chi connectivity index (χ2n) is 2.77. The summed E-state index contributed by atoms with van der Waals surface area (Å²) in [5.41, 5.74) is 0.973. The molecule has 0 spiro atoms. The molecular formula is C11H12BrNO. The zero-order valence-electron chi connectivity index (χ0n) is 8.17. The Balaban J connectivity index is 3.14. The van der Waals surface area contributed by atoms with Crippen LogP contribution < -0.4 is 10.1 Å². The molecule has 2 nitrogen and oxygen atoms in total. The van der Waals surface area contributed by atoms with Crippen molar-refractivity contribution >= 4 is 15.9 Å². The van der Waals surface area contributed by atoms with Gasteiger partial charge in [-0.25, -0.2) is 0 Å². The highest BCUT2D eigenvalue weighted by Crippen LogP contribution is 2.27. The van der Waals surface area contributed by atoms with E-state index < -0.39 is 0 Å². The third kappa shape index (κ3) is 2.28. The van der Waals surface area contributed by atoms with Crippen molar-refractivity contribution in [1.82, 2.24) is 5.32 Å². The van der Waals surface area contributed by atoms with Gasteiger partial charge in [0.05, 0.1) is 13.2 Å². The zero-order chi connectivity index (χ0) is 10.6. The Labute approximate surface area is 92.8 Å². The van der Waals surface area contributed by atoms with E-state index in [0.29, 0.717) is 0 Å². The molecule has 74 valence electrons. The van der Waals surface area contributed by atoms with E-state index in [-0.39, 0.29) is 6.04 Å². The number of halogens is 1. The molecule has 0 saturated heterocycles. The lowest BCUT2D eigenvalue weighted by atomic mass is 10.1. The van der Waals surface area contributed by atoms with Crippen molar-refractivity contribution in [3.05, 3.63) is 28.2 Å². The van der Waals surface area contributed by atoms with Crippen LogP contribution in [0.2, 0.25) is 0 Å². The highest BCUT2D eigenvalue weighted by molar-refractivity contribution is 9.10. The summed E-state index contributed by atoms with van der Waals surface area (Å²) in [5, 5.41) is 3.03. The number of hydrogen-bond acceptors (Lipinski definition) is 2. The standard InChI is InChI=1S/C11H12BrNO/c1-4-10(13-2)9-6-5-8(12)7-11(9)14-3/h1,5-7,10,13H,2-3H3. The Morgan fingerprint density at radius 3 is 2.79 bits per heavy atom. The second kappa shape index (κ2) is 5.04. The minimum absolute atomic E-state index is 0.113. The monoisotopic (exact) mass is 253 g/mol. The summed E-state index contributed by atoms with van der Waals surface area (Å²) in [5.74, 6) is 3.44. The van der Waals surface area contributed by atoms with Crippen LogP contribution in [0, 0.1) is 12.3 Å². The van der Waals surface area contributed by atoms with Crippen molar-refractivity contribution in [2.24, 2.45) is 0 Å². The van der Waals surface area contributed by atoms with E-state index in [1.54, 1.807) is 7.11 Å². The number of rotatable bonds is 3. The van der Waals surface area contributed by atoms with Gasteiger partial charge < -0.3 is 10.1 Å². The Kier molecular flexibility index (Phi) is 3.99. The molecule has 0 fully saturated rings. The molecule has 0 aliphatic carbocycles. The summed E-state index contributed by atoms with van der Waals surface area (Å²) in [6.07, 6.45) is 5.40. The van der Waals surface area contributed by atoms with Crippen LogP contribution in [0.4, 0.5) is 0 Å². The maximum atomic E-state index is 5.40. The van der Waals surface area contributed by atoms with Crippen molar-refractivity contribution in [3.63, 3.8) is 0 Å². The van der Waals surface area contributed by atoms with E-state index in [1.807, 2.05) is 25.2 Å². The van der Waals surface area contributed by atoms with Gasteiger partial charge in [0, 0.05) is 10.0 Å². The van der Waals surface area contributed by atoms with E-state index >= 15 is 0 Å². The first-order valence-electron chi connectivity index (χ1n) is 4.19. The predicted molar refractivity (Wildman–Crippen MR) is 61.3 cm³/mol. The fourth-order valence-electron chi connectivity index (χ4n) is 1.25. The van der Waals surface area contributed by atoms with E-state index in [0.717, 1.165) is 15.8 Å². The lowest BCUT2D eigenvalue weighted by Gasteiger charge is -2.14. The topological polar surface area (TPSA) is 21.3 Å². The molecule has 1 aromatic carbocycles. The number of methoxy groups -OCH3 is 1.